The van der Waals surface area contributed by atoms with Crippen molar-refractivity contribution in [3.8, 4) is 0 Å². The highest BCUT2D eigenvalue weighted by atomic mass is 19.1. The minimum absolute atomic E-state index is 0.0129. The maximum Gasteiger partial charge on any atom is 0.239 e. The van der Waals surface area contributed by atoms with Gasteiger partial charge in [-0.15, -0.1) is 0 Å². The molecule has 1 aromatic carbocycles. The van der Waals surface area contributed by atoms with Gasteiger partial charge in [0.2, 0.25) is 5.91 Å². The van der Waals surface area contributed by atoms with Gasteiger partial charge in [0.05, 0.1) is 6.54 Å². The Morgan fingerprint density at radius 2 is 1.84 bits per heavy atom. The third-order valence-electron chi connectivity index (χ3n) is 4.52. The average Bonchev–Trinajstić information content (AvgIpc) is 2.49. The Morgan fingerprint density at radius 3 is 2.32 bits per heavy atom. The molecule has 1 aliphatic carbocycles. The number of halogens is 1. The summed E-state index contributed by atoms with van der Waals surface area (Å²) in [5, 5.41) is 9.25. The second-order valence-corrected chi connectivity index (χ2v) is 7.72. The van der Waals surface area contributed by atoms with Crippen LogP contribution in [0.4, 0.5) is 4.39 Å². The van der Waals surface area contributed by atoms with Crippen LogP contribution in [-0.2, 0) is 10.2 Å². The van der Waals surface area contributed by atoms with Crippen LogP contribution < -0.4 is 16.0 Å². The lowest BCUT2D eigenvalue weighted by atomic mass is 9.64. The first-order valence-electron chi connectivity index (χ1n) is 8.76. The maximum atomic E-state index is 13.2. The van der Waals surface area contributed by atoms with Crippen molar-refractivity contribution in [2.24, 2.45) is 4.99 Å². The van der Waals surface area contributed by atoms with E-state index in [1.807, 2.05) is 32.9 Å². The number of hydrogen-bond donors (Lipinski definition) is 3. The van der Waals surface area contributed by atoms with Crippen LogP contribution in [0.25, 0.3) is 0 Å². The second-order valence-electron chi connectivity index (χ2n) is 7.72. The molecule has 6 heteroatoms. The van der Waals surface area contributed by atoms with E-state index in [4.69, 9.17) is 0 Å². The fourth-order valence-corrected chi connectivity index (χ4v) is 3.07. The first-order valence-corrected chi connectivity index (χ1v) is 8.76. The Morgan fingerprint density at radius 1 is 1.20 bits per heavy atom. The summed E-state index contributed by atoms with van der Waals surface area (Å²) >= 11 is 0. The second kappa shape index (κ2) is 7.85. The number of rotatable bonds is 5. The molecule has 0 aliphatic heterocycles. The molecule has 1 aromatic rings. The van der Waals surface area contributed by atoms with Gasteiger partial charge in [0.1, 0.15) is 5.82 Å². The Bertz CT molecular complexity index is 615. The highest BCUT2D eigenvalue weighted by Gasteiger charge is 2.38. The number of amides is 1. The summed E-state index contributed by atoms with van der Waals surface area (Å²) in [7, 11) is 1.68. The predicted octanol–water partition coefficient (Wildman–Crippen LogP) is 2.33. The molecule has 2 rings (SSSR count). The summed E-state index contributed by atoms with van der Waals surface area (Å²) < 4.78 is 13.2. The van der Waals surface area contributed by atoms with Crippen molar-refractivity contribution < 1.29 is 9.18 Å². The zero-order valence-electron chi connectivity index (χ0n) is 15.6. The zero-order valence-corrected chi connectivity index (χ0v) is 15.6. The average molecular weight is 348 g/mol. The van der Waals surface area contributed by atoms with E-state index in [2.05, 4.69) is 20.9 Å². The van der Waals surface area contributed by atoms with Crippen LogP contribution in [0.1, 0.15) is 45.6 Å². The minimum atomic E-state index is -0.256. The number of carbonyl (C=O) groups excluding carboxylic acids is 1. The van der Waals surface area contributed by atoms with E-state index in [0.717, 1.165) is 18.4 Å². The maximum absolute atomic E-state index is 13.2. The first-order chi connectivity index (χ1) is 11.7. The van der Waals surface area contributed by atoms with Gasteiger partial charge < -0.3 is 16.0 Å². The van der Waals surface area contributed by atoms with Crippen molar-refractivity contribution in [2.75, 3.05) is 20.1 Å². The largest absolute Gasteiger partial charge is 0.356 e. The normalized spacial score (nSPS) is 16.8. The number of carbonyl (C=O) groups is 1. The molecule has 1 amide bonds. The molecule has 0 heterocycles. The Hall–Kier alpha value is -2.11. The Kier molecular flexibility index (Phi) is 6.03. The monoisotopic (exact) mass is 348 g/mol. The molecule has 0 unspecified atom stereocenters. The van der Waals surface area contributed by atoms with Crippen LogP contribution in [0.2, 0.25) is 0 Å². The van der Waals surface area contributed by atoms with E-state index in [9.17, 15) is 9.18 Å². The van der Waals surface area contributed by atoms with Gasteiger partial charge in [-0.2, -0.15) is 0 Å². The summed E-state index contributed by atoms with van der Waals surface area (Å²) in [6.45, 7) is 6.71. The van der Waals surface area contributed by atoms with Gasteiger partial charge in [-0.25, -0.2) is 4.39 Å². The Balaban J connectivity index is 1.89. The van der Waals surface area contributed by atoms with Crippen LogP contribution in [-0.4, -0.2) is 37.5 Å². The van der Waals surface area contributed by atoms with Crippen molar-refractivity contribution in [1.29, 1.82) is 0 Å². The first kappa shape index (κ1) is 19.2. The van der Waals surface area contributed by atoms with E-state index >= 15 is 0 Å². The number of guanidine groups is 1. The molecule has 25 heavy (non-hydrogen) atoms. The number of nitrogens with one attached hydrogen (secondary N) is 3. The molecule has 5 nitrogen and oxygen atoms in total. The van der Waals surface area contributed by atoms with E-state index in [1.54, 1.807) is 7.05 Å². The smallest absolute Gasteiger partial charge is 0.239 e. The highest BCUT2D eigenvalue weighted by Crippen LogP contribution is 2.43. The van der Waals surface area contributed by atoms with Crippen molar-refractivity contribution in [1.82, 2.24) is 16.0 Å². The third-order valence-corrected chi connectivity index (χ3v) is 4.52. The predicted molar refractivity (Wildman–Crippen MR) is 99.2 cm³/mol. The molecule has 0 spiro atoms. The fraction of sp³-hybridized carbons (Fsp3) is 0.579. The van der Waals surface area contributed by atoms with Crippen molar-refractivity contribution in [2.45, 2.75) is 51.0 Å². The summed E-state index contributed by atoms with van der Waals surface area (Å²) in [6.07, 6.45) is 3.29. The zero-order chi connectivity index (χ0) is 18.5. The lowest BCUT2D eigenvalue weighted by molar-refractivity contribution is -0.121. The van der Waals surface area contributed by atoms with E-state index < -0.39 is 0 Å². The van der Waals surface area contributed by atoms with Gasteiger partial charge in [0, 0.05) is 24.5 Å². The molecule has 1 aliphatic rings. The third kappa shape index (κ3) is 5.44. The molecule has 0 radical (unpaired) electrons. The topological polar surface area (TPSA) is 65.5 Å². The molecule has 0 saturated heterocycles. The van der Waals surface area contributed by atoms with Crippen LogP contribution in [0.3, 0.4) is 0 Å². The molecule has 0 aromatic heterocycles. The van der Waals surface area contributed by atoms with Crippen LogP contribution in [0.5, 0.6) is 0 Å². The van der Waals surface area contributed by atoms with Gasteiger partial charge in [0.25, 0.3) is 0 Å². The van der Waals surface area contributed by atoms with Crippen molar-refractivity contribution in [3.05, 3.63) is 35.6 Å². The molecule has 3 N–H and O–H groups in total. The SMILES string of the molecule is CN=C(NCC(=O)NC(C)(C)C)NCC1(c2ccc(F)cc2)CCC1. The lowest BCUT2D eigenvalue weighted by Crippen LogP contribution is -2.51. The van der Waals surface area contributed by atoms with Crippen molar-refractivity contribution in [3.63, 3.8) is 0 Å². The quantitative estimate of drug-likeness (QED) is 0.565. The summed E-state index contributed by atoms with van der Waals surface area (Å²) in [4.78, 5) is 16.1. The summed E-state index contributed by atoms with van der Waals surface area (Å²) in [5.41, 5.74) is 0.904. The fourth-order valence-electron chi connectivity index (χ4n) is 3.07. The molecule has 138 valence electrons. The standard InChI is InChI=1S/C19H29FN4O/c1-18(2,3)24-16(25)12-22-17(21-4)23-13-19(10-5-11-19)14-6-8-15(20)9-7-14/h6-9H,5,10-13H2,1-4H3,(H,24,25)(H2,21,22,23). The molecule has 0 atom stereocenters. The van der Waals surface area contributed by atoms with Crippen LogP contribution in [0, 0.1) is 5.82 Å². The van der Waals surface area contributed by atoms with E-state index in [1.165, 1.54) is 18.6 Å². The number of nitrogens with zero attached hydrogens (tertiary/aromatic N) is 1. The molecule has 1 saturated carbocycles. The van der Waals surface area contributed by atoms with Crippen molar-refractivity contribution >= 4 is 11.9 Å². The summed E-state index contributed by atoms with van der Waals surface area (Å²) in [5.74, 6) is 0.304. The molecule has 1 fully saturated rings. The summed E-state index contributed by atoms with van der Waals surface area (Å²) in [6, 6.07) is 6.75. The molecular formula is C19H29FN4O. The molecule has 0 bridgehead atoms. The Labute approximate surface area is 149 Å². The van der Waals surface area contributed by atoms with Crippen LogP contribution in [0.15, 0.2) is 29.3 Å². The van der Waals surface area contributed by atoms with Gasteiger partial charge in [-0.1, -0.05) is 18.6 Å². The minimum Gasteiger partial charge on any atom is -0.356 e. The number of benzene rings is 1. The van der Waals surface area contributed by atoms with Gasteiger partial charge in [-0.05, 0) is 51.3 Å². The number of hydrogen-bond acceptors (Lipinski definition) is 2. The van der Waals surface area contributed by atoms with Gasteiger partial charge >= 0.3 is 0 Å². The van der Waals surface area contributed by atoms with Crippen LogP contribution >= 0.6 is 0 Å². The highest BCUT2D eigenvalue weighted by molar-refractivity contribution is 5.86. The lowest BCUT2D eigenvalue weighted by Gasteiger charge is -2.43. The number of aliphatic imine (C=N–C) groups is 1. The van der Waals surface area contributed by atoms with Gasteiger partial charge in [-0.3, -0.25) is 9.79 Å². The van der Waals surface area contributed by atoms with Gasteiger partial charge in [0.15, 0.2) is 5.96 Å². The van der Waals surface area contributed by atoms with E-state index in [-0.39, 0.29) is 29.2 Å². The van der Waals surface area contributed by atoms with E-state index in [0.29, 0.717) is 12.5 Å². The molecular weight excluding hydrogens is 319 g/mol.